The van der Waals surface area contributed by atoms with Crippen LogP contribution in [0.5, 0.6) is 0 Å². The largest absolute Gasteiger partial charge is 0.309 e. The molecule has 0 N–H and O–H groups in total. The molecule has 0 radical (unpaired) electrons. The van der Waals surface area contributed by atoms with Gasteiger partial charge in [0.25, 0.3) is 0 Å². The normalized spacial score (nSPS) is 11.5. The van der Waals surface area contributed by atoms with Gasteiger partial charge in [-0.2, -0.15) is 5.26 Å². The van der Waals surface area contributed by atoms with E-state index in [9.17, 15) is 5.26 Å². The van der Waals surface area contributed by atoms with E-state index in [-0.39, 0.29) is 0 Å². The highest BCUT2D eigenvalue weighted by molar-refractivity contribution is 6.15. The molecule has 0 unspecified atom stereocenters. The molecule has 0 spiro atoms. The van der Waals surface area contributed by atoms with Gasteiger partial charge in [-0.05, 0) is 65.2 Å². The predicted molar refractivity (Wildman–Crippen MR) is 191 cm³/mol. The van der Waals surface area contributed by atoms with Crippen LogP contribution in [0.3, 0.4) is 0 Å². The molecule has 7 aromatic carbocycles. The van der Waals surface area contributed by atoms with Crippen LogP contribution in [0, 0.1) is 11.3 Å². The fourth-order valence-corrected chi connectivity index (χ4v) is 7.21. The zero-order chi connectivity index (χ0) is 30.6. The van der Waals surface area contributed by atoms with Crippen LogP contribution in [0.2, 0.25) is 0 Å². The van der Waals surface area contributed by atoms with Crippen molar-refractivity contribution in [2.24, 2.45) is 0 Å². The molecule has 46 heavy (non-hydrogen) atoms. The maximum atomic E-state index is 9.94. The van der Waals surface area contributed by atoms with Crippen LogP contribution in [-0.4, -0.2) is 9.13 Å². The van der Waals surface area contributed by atoms with E-state index < -0.39 is 0 Å². The molecule has 0 atom stereocenters. The van der Waals surface area contributed by atoms with Crippen LogP contribution in [0.15, 0.2) is 164 Å². The molecule has 214 valence electrons. The van der Waals surface area contributed by atoms with E-state index in [4.69, 9.17) is 0 Å². The second kappa shape index (κ2) is 10.4. The molecule has 9 aromatic rings. The molecule has 0 bridgehead atoms. The van der Waals surface area contributed by atoms with Gasteiger partial charge < -0.3 is 9.13 Å². The highest BCUT2D eigenvalue weighted by Crippen LogP contribution is 2.42. The summed E-state index contributed by atoms with van der Waals surface area (Å²) in [6, 6.07) is 60.2. The molecule has 0 fully saturated rings. The van der Waals surface area contributed by atoms with E-state index in [0.29, 0.717) is 5.56 Å². The van der Waals surface area contributed by atoms with Crippen molar-refractivity contribution >= 4 is 43.6 Å². The van der Waals surface area contributed by atoms with Gasteiger partial charge in [0, 0.05) is 32.8 Å². The molecule has 0 aliphatic carbocycles. The number of hydrogen-bond donors (Lipinski definition) is 0. The molecule has 0 amide bonds. The highest BCUT2D eigenvalue weighted by atomic mass is 15.0. The van der Waals surface area contributed by atoms with Crippen LogP contribution < -0.4 is 0 Å². The van der Waals surface area contributed by atoms with Crippen molar-refractivity contribution in [3.8, 4) is 39.7 Å². The van der Waals surface area contributed by atoms with E-state index in [0.717, 1.165) is 38.7 Å². The third-order valence-electron chi connectivity index (χ3n) is 9.18. The Labute approximate surface area is 266 Å². The maximum absolute atomic E-state index is 9.94. The zero-order valence-corrected chi connectivity index (χ0v) is 24.9. The smallest absolute Gasteiger partial charge is 0.101 e. The van der Waals surface area contributed by atoms with Crippen molar-refractivity contribution in [2.75, 3.05) is 0 Å². The fourth-order valence-electron chi connectivity index (χ4n) is 7.21. The van der Waals surface area contributed by atoms with E-state index in [1.807, 2.05) is 24.3 Å². The summed E-state index contributed by atoms with van der Waals surface area (Å²) in [5.74, 6) is 0. The van der Waals surface area contributed by atoms with Crippen molar-refractivity contribution in [2.45, 2.75) is 0 Å². The first-order valence-corrected chi connectivity index (χ1v) is 15.5. The summed E-state index contributed by atoms with van der Waals surface area (Å²) in [6.45, 7) is 0. The Morgan fingerprint density at radius 2 is 1.00 bits per heavy atom. The van der Waals surface area contributed by atoms with Crippen LogP contribution in [0.4, 0.5) is 0 Å². The Kier molecular flexibility index (Phi) is 5.88. The molecule has 3 nitrogen and oxygen atoms in total. The fraction of sp³-hybridized carbons (Fsp3) is 0. The van der Waals surface area contributed by atoms with Gasteiger partial charge in [-0.15, -0.1) is 0 Å². The third kappa shape index (κ3) is 3.84. The number of benzene rings is 7. The van der Waals surface area contributed by atoms with Crippen LogP contribution in [-0.2, 0) is 0 Å². The first kappa shape index (κ1) is 26.1. The molecule has 3 heteroatoms. The summed E-state index contributed by atoms with van der Waals surface area (Å²) in [4.78, 5) is 0. The van der Waals surface area contributed by atoms with Gasteiger partial charge in [-0.3, -0.25) is 0 Å². The highest BCUT2D eigenvalue weighted by Gasteiger charge is 2.20. The number of para-hydroxylation sites is 5. The van der Waals surface area contributed by atoms with Gasteiger partial charge >= 0.3 is 0 Å². The monoisotopic (exact) mass is 585 g/mol. The van der Waals surface area contributed by atoms with Crippen molar-refractivity contribution in [1.82, 2.24) is 9.13 Å². The Morgan fingerprint density at radius 1 is 0.413 bits per heavy atom. The number of rotatable bonds is 4. The van der Waals surface area contributed by atoms with Crippen molar-refractivity contribution in [1.29, 1.82) is 5.26 Å². The van der Waals surface area contributed by atoms with E-state index in [1.165, 1.54) is 38.5 Å². The lowest BCUT2D eigenvalue weighted by Crippen LogP contribution is -1.97. The number of aromatic nitrogens is 2. The molecule has 2 heterocycles. The minimum absolute atomic E-state index is 0.654. The summed E-state index contributed by atoms with van der Waals surface area (Å²) in [5.41, 5.74) is 12.0. The average molecular weight is 586 g/mol. The summed E-state index contributed by atoms with van der Waals surface area (Å²) >= 11 is 0. The quantitative estimate of drug-likeness (QED) is 0.202. The standard InChI is InChI=1S/C43H27N3/c44-28-30-13-4-9-22-39(30)46-41-24-11-8-19-35(41)38-27-29(25-26-42(38)46)32-16-5-6-17-33(32)36-20-12-21-37-34-18-7-10-23-40(34)45(43(36)37)31-14-2-1-3-15-31/h1-27H. The molecule has 9 rings (SSSR count). The van der Waals surface area contributed by atoms with Crippen molar-refractivity contribution in [3.63, 3.8) is 0 Å². The van der Waals surface area contributed by atoms with E-state index in [2.05, 4.69) is 155 Å². The third-order valence-corrected chi connectivity index (χ3v) is 9.18. The molecular formula is C43H27N3. The number of nitrogens with zero attached hydrogens (tertiary/aromatic N) is 3. The van der Waals surface area contributed by atoms with Gasteiger partial charge in [0.2, 0.25) is 0 Å². The minimum Gasteiger partial charge on any atom is -0.309 e. The lowest BCUT2D eigenvalue weighted by Gasteiger charge is -2.15. The Balaban J connectivity index is 1.31. The predicted octanol–water partition coefficient (Wildman–Crippen LogP) is 11.1. The second-order valence-corrected chi connectivity index (χ2v) is 11.6. The maximum Gasteiger partial charge on any atom is 0.101 e. The topological polar surface area (TPSA) is 33.6 Å². The summed E-state index contributed by atoms with van der Waals surface area (Å²) in [5, 5.41) is 14.7. The lowest BCUT2D eigenvalue weighted by atomic mass is 9.92. The summed E-state index contributed by atoms with van der Waals surface area (Å²) < 4.78 is 4.62. The number of hydrogen-bond acceptors (Lipinski definition) is 1. The first-order chi connectivity index (χ1) is 22.8. The molecule has 0 aliphatic rings. The Bertz CT molecular complexity index is 2650. The van der Waals surface area contributed by atoms with Gasteiger partial charge in [-0.1, -0.05) is 115 Å². The average Bonchev–Trinajstić information content (AvgIpc) is 3.65. The number of nitriles is 1. The van der Waals surface area contributed by atoms with Gasteiger partial charge in [0.05, 0.1) is 33.3 Å². The first-order valence-electron chi connectivity index (χ1n) is 15.5. The van der Waals surface area contributed by atoms with Gasteiger partial charge in [0.15, 0.2) is 0 Å². The SMILES string of the molecule is N#Cc1ccccc1-n1c2ccccc2c2cc(-c3ccccc3-c3cccc4c5ccccc5n(-c5ccccc5)c34)ccc21. The van der Waals surface area contributed by atoms with E-state index >= 15 is 0 Å². The van der Waals surface area contributed by atoms with Crippen molar-refractivity contribution in [3.05, 3.63) is 169 Å². The van der Waals surface area contributed by atoms with Gasteiger partial charge in [0.1, 0.15) is 6.07 Å². The Hall–Kier alpha value is -6.37. The lowest BCUT2D eigenvalue weighted by molar-refractivity contribution is 1.17. The van der Waals surface area contributed by atoms with Crippen LogP contribution >= 0.6 is 0 Å². The second-order valence-electron chi connectivity index (χ2n) is 11.6. The number of fused-ring (bicyclic) bond motifs is 6. The molecule has 0 aliphatic heterocycles. The molecule has 2 aromatic heterocycles. The van der Waals surface area contributed by atoms with Crippen LogP contribution in [0.1, 0.15) is 5.56 Å². The molecule has 0 saturated heterocycles. The van der Waals surface area contributed by atoms with Crippen molar-refractivity contribution < 1.29 is 0 Å². The van der Waals surface area contributed by atoms with Crippen LogP contribution in [0.25, 0.3) is 77.2 Å². The Morgan fingerprint density at radius 3 is 1.80 bits per heavy atom. The zero-order valence-electron chi connectivity index (χ0n) is 24.9. The minimum atomic E-state index is 0.654. The molecule has 0 saturated carbocycles. The van der Waals surface area contributed by atoms with E-state index in [1.54, 1.807) is 0 Å². The summed E-state index contributed by atoms with van der Waals surface area (Å²) in [7, 11) is 0. The molecular weight excluding hydrogens is 558 g/mol. The summed E-state index contributed by atoms with van der Waals surface area (Å²) in [6.07, 6.45) is 0. The van der Waals surface area contributed by atoms with Gasteiger partial charge in [-0.25, -0.2) is 0 Å².